The van der Waals surface area contributed by atoms with Crippen LogP contribution in [0.2, 0.25) is 5.02 Å². The van der Waals surface area contributed by atoms with E-state index in [0.717, 1.165) is 11.8 Å². The molecule has 22 heavy (non-hydrogen) atoms. The lowest BCUT2D eigenvalue weighted by Gasteiger charge is -2.21. The molecule has 1 aliphatic heterocycles. The summed E-state index contributed by atoms with van der Waals surface area (Å²) in [7, 11) is -3.72. The molecule has 2 amide bonds. The van der Waals surface area contributed by atoms with Crippen LogP contribution in [-0.2, 0) is 26.0 Å². The molecule has 1 aromatic carbocycles. The molecule has 2 rings (SSSR count). The Morgan fingerprint density at radius 3 is 2.82 bits per heavy atom. The topological polar surface area (TPSA) is 83.6 Å². The van der Waals surface area contributed by atoms with Crippen molar-refractivity contribution < 1.29 is 18.0 Å². The zero-order valence-corrected chi connectivity index (χ0v) is 13.7. The van der Waals surface area contributed by atoms with E-state index in [0.29, 0.717) is 22.3 Å². The van der Waals surface area contributed by atoms with Crippen molar-refractivity contribution in [3.8, 4) is 0 Å². The number of nitrogens with zero attached hydrogens (tertiary/aromatic N) is 1. The number of amides is 2. The van der Waals surface area contributed by atoms with Crippen molar-refractivity contribution in [3.63, 3.8) is 0 Å². The maximum absolute atomic E-state index is 12.1. The Balaban J connectivity index is 1.93. The third kappa shape index (κ3) is 3.98. The molecule has 0 aliphatic carbocycles. The molecule has 0 bridgehead atoms. The monoisotopic (exact) mass is 344 g/mol. The molecule has 1 aromatic rings. The summed E-state index contributed by atoms with van der Waals surface area (Å²) in [5.74, 6) is -0.976. The van der Waals surface area contributed by atoms with Crippen molar-refractivity contribution in [2.45, 2.75) is 25.3 Å². The highest BCUT2D eigenvalue weighted by Gasteiger charge is 2.41. The van der Waals surface area contributed by atoms with E-state index in [9.17, 15) is 18.0 Å². The molecule has 1 unspecified atom stereocenters. The second-order valence-corrected chi connectivity index (χ2v) is 7.47. The highest BCUT2D eigenvalue weighted by molar-refractivity contribution is 7.89. The van der Waals surface area contributed by atoms with Gasteiger partial charge in [0.25, 0.3) is 0 Å². The smallest absolute Gasteiger partial charge is 0.244 e. The Kier molecular flexibility index (Phi) is 5.08. The van der Waals surface area contributed by atoms with Gasteiger partial charge >= 0.3 is 0 Å². The van der Waals surface area contributed by atoms with Gasteiger partial charge in [-0.3, -0.25) is 9.59 Å². The maximum Gasteiger partial charge on any atom is 0.244 e. The second kappa shape index (κ2) is 6.66. The SMILES string of the molecule is CS(=O)(=O)N1C(=O)CCC1C(=O)NCCc1cccc(Cl)c1. The fourth-order valence-electron chi connectivity index (χ4n) is 2.46. The van der Waals surface area contributed by atoms with Crippen LogP contribution >= 0.6 is 11.6 Å². The fraction of sp³-hybridized carbons (Fsp3) is 0.429. The van der Waals surface area contributed by atoms with Gasteiger partial charge in [0.2, 0.25) is 21.8 Å². The molecule has 1 fully saturated rings. The van der Waals surface area contributed by atoms with Gasteiger partial charge in [0.1, 0.15) is 6.04 Å². The molecule has 1 heterocycles. The lowest BCUT2D eigenvalue weighted by Crippen LogP contribution is -2.47. The molecular formula is C14H17ClN2O4S. The highest BCUT2D eigenvalue weighted by Crippen LogP contribution is 2.21. The molecule has 8 heteroatoms. The minimum absolute atomic E-state index is 0.0689. The number of carbonyl (C=O) groups is 2. The molecule has 1 aliphatic rings. The first-order valence-electron chi connectivity index (χ1n) is 6.83. The summed E-state index contributed by atoms with van der Waals surface area (Å²) in [5, 5.41) is 3.29. The van der Waals surface area contributed by atoms with Crippen LogP contribution in [0.3, 0.4) is 0 Å². The minimum Gasteiger partial charge on any atom is -0.354 e. The fourth-order valence-corrected chi connectivity index (χ4v) is 3.79. The molecule has 1 atom stereocenters. The largest absolute Gasteiger partial charge is 0.354 e. The Morgan fingerprint density at radius 2 is 2.18 bits per heavy atom. The molecule has 120 valence electrons. The molecule has 0 spiro atoms. The number of benzene rings is 1. The molecule has 6 nitrogen and oxygen atoms in total. The molecule has 0 saturated carbocycles. The zero-order valence-electron chi connectivity index (χ0n) is 12.1. The zero-order chi connectivity index (χ0) is 16.3. The summed E-state index contributed by atoms with van der Waals surface area (Å²) < 4.78 is 23.9. The number of halogens is 1. The third-order valence-electron chi connectivity index (χ3n) is 3.42. The molecule has 1 N–H and O–H groups in total. The maximum atomic E-state index is 12.1. The summed E-state index contributed by atoms with van der Waals surface area (Å²) in [6.45, 7) is 0.349. The van der Waals surface area contributed by atoms with Crippen molar-refractivity contribution in [2.75, 3.05) is 12.8 Å². The van der Waals surface area contributed by atoms with Gasteiger partial charge < -0.3 is 5.32 Å². The predicted molar refractivity (Wildman–Crippen MR) is 82.9 cm³/mol. The molecule has 0 radical (unpaired) electrons. The van der Waals surface area contributed by atoms with E-state index in [-0.39, 0.29) is 12.8 Å². The first-order chi connectivity index (χ1) is 10.3. The van der Waals surface area contributed by atoms with Crippen LogP contribution in [0.15, 0.2) is 24.3 Å². The van der Waals surface area contributed by atoms with Crippen LogP contribution in [0, 0.1) is 0 Å². The van der Waals surface area contributed by atoms with Crippen molar-refractivity contribution in [2.24, 2.45) is 0 Å². The van der Waals surface area contributed by atoms with Gasteiger partial charge in [-0.1, -0.05) is 23.7 Å². The Hall–Kier alpha value is -1.60. The van der Waals surface area contributed by atoms with E-state index in [1.165, 1.54) is 0 Å². The van der Waals surface area contributed by atoms with Crippen LogP contribution in [0.25, 0.3) is 0 Å². The Labute approximate surface area is 134 Å². The van der Waals surface area contributed by atoms with Crippen LogP contribution in [0.5, 0.6) is 0 Å². The van der Waals surface area contributed by atoms with Gasteiger partial charge in [-0.25, -0.2) is 12.7 Å². The average molecular weight is 345 g/mol. The number of carbonyl (C=O) groups excluding carboxylic acids is 2. The van der Waals surface area contributed by atoms with Gasteiger partial charge in [-0.05, 0) is 30.5 Å². The summed E-state index contributed by atoms with van der Waals surface area (Å²) in [6.07, 6.45) is 1.79. The minimum atomic E-state index is -3.72. The van der Waals surface area contributed by atoms with Crippen LogP contribution in [0.4, 0.5) is 0 Å². The quantitative estimate of drug-likeness (QED) is 0.862. The molecule has 0 aromatic heterocycles. The van der Waals surface area contributed by atoms with Gasteiger partial charge in [-0.15, -0.1) is 0 Å². The highest BCUT2D eigenvalue weighted by atomic mass is 35.5. The number of nitrogens with one attached hydrogen (secondary N) is 1. The summed E-state index contributed by atoms with van der Waals surface area (Å²) in [5.41, 5.74) is 0.968. The van der Waals surface area contributed by atoms with E-state index in [2.05, 4.69) is 5.32 Å². The first kappa shape index (κ1) is 16.8. The van der Waals surface area contributed by atoms with Crippen molar-refractivity contribution in [3.05, 3.63) is 34.9 Å². The summed E-state index contributed by atoms with van der Waals surface area (Å²) >= 11 is 5.88. The van der Waals surface area contributed by atoms with Crippen LogP contribution < -0.4 is 5.32 Å². The van der Waals surface area contributed by atoms with Gasteiger partial charge in [0, 0.05) is 18.0 Å². The Bertz CT molecular complexity index is 690. The summed E-state index contributed by atoms with van der Waals surface area (Å²) in [6, 6.07) is 6.33. The lowest BCUT2D eigenvalue weighted by atomic mass is 10.1. The third-order valence-corrected chi connectivity index (χ3v) is 4.83. The lowest BCUT2D eigenvalue weighted by molar-refractivity contribution is -0.130. The standard InChI is InChI=1S/C14H17ClN2O4S/c1-22(20,21)17-12(5-6-13(17)18)14(19)16-8-7-10-3-2-4-11(15)9-10/h2-4,9,12H,5-8H2,1H3,(H,16,19). The molecule has 1 saturated heterocycles. The summed E-state index contributed by atoms with van der Waals surface area (Å²) in [4.78, 5) is 23.7. The number of hydrogen-bond acceptors (Lipinski definition) is 4. The van der Waals surface area contributed by atoms with E-state index < -0.39 is 27.9 Å². The Morgan fingerprint density at radius 1 is 1.45 bits per heavy atom. The van der Waals surface area contributed by atoms with E-state index in [1.807, 2.05) is 12.1 Å². The second-order valence-electron chi connectivity index (χ2n) is 5.18. The van der Waals surface area contributed by atoms with Gasteiger partial charge in [0.15, 0.2) is 0 Å². The van der Waals surface area contributed by atoms with E-state index in [1.54, 1.807) is 12.1 Å². The van der Waals surface area contributed by atoms with Crippen molar-refractivity contribution >= 4 is 33.4 Å². The van der Waals surface area contributed by atoms with Crippen molar-refractivity contribution in [1.29, 1.82) is 0 Å². The first-order valence-corrected chi connectivity index (χ1v) is 9.06. The van der Waals surface area contributed by atoms with Crippen LogP contribution in [0.1, 0.15) is 18.4 Å². The van der Waals surface area contributed by atoms with E-state index in [4.69, 9.17) is 11.6 Å². The van der Waals surface area contributed by atoms with E-state index >= 15 is 0 Å². The van der Waals surface area contributed by atoms with Crippen LogP contribution in [-0.4, -0.2) is 43.4 Å². The van der Waals surface area contributed by atoms with Gasteiger partial charge in [0.05, 0.1) is 6.26 Å². The average Bonchev–Trinajstić information content (AvgIpc) is 2.80. The molecular weight excluding hydrogens is 328 g/mol. The number of sulfonamides is 1. The van der Waals surface area contributed by atoms with Gasteiger partial charge in [-0.2, -0.15) is 0 Å². The van der Waals surface area contributed by atoms with Crippen molar-refractivity contribution in [1.82, 2.24) is 9.62 Å². The number of hydrogen-bond donors (Lipinski definition) is 1. The number of rotatable bonds is 5. The normalized spacial score (nSPS) is 18.5. The predicted octanol–water partition coefficient (Wildman–Crippen LogP) is 0.949.